The van der Waals surface area contributed by atoms with Gasteiger partial charge in [-0.05, 0) is 30.3 Å². The zero-order valence-corrected chi connectivity index (χ0v) is 16.5. The summed E-state index contributed by atoms with van der Waals surface area (Å²) in [5.41, 5.74) is 2.37. The third-order valence-corrected chi connectivity index (χ3v) is 4.53. The number of amides is 1. The average Bonchev–Trinajstić information content (AvgIpc) is 2.79. The predicted molar refractivity (Wildman–Crippen MR) is 117 cm³/mol. The first-order valence-corrected chi connectivity index (χ1v) is 9.62. The molecule has 0 aromatic heterocycles. The van der Waals surface area contributed by atoms with Crippen molar-refractivity contribution in [2.45, 2.75) is 0 Å². The quantitative estimate of drug-likeness (QED) is 0.388. The Kier molecular flexibility index (Phi) is 5.84. The van der Waals surface area contributed by atoms with E-state index in [4.69, 9.17) is 9.47 Å². The number of ether oxygens (including phenoxy) is 2. The fourth-order valence-corrected chi connectivity index (χ4v) is 3.08. The van der Waals surface area contributed by atoms with Crippen LogP contribution in [0.1, 0.15) is 0 Å². The van der Waals surface area contributed by atoms with E-state index in [1.165, 1.54) is 12.1 Å². The van der Waals surface area contributed by atoms with Gasteiger partial charge in [-0.15, -0.1) is 0 Å². The van der Waals surface area contributed by atoms with E-state index in [0.717, 1.165) is 5.69 Å². The largest absolute Gasteiger partial charge is 0.486 e. The van der Waals surface area contributed by atoms with Crippen molar-refractivity contribution in [3.05, 3.63) is 76.8 Å². The van der Waals surface area contributed by atoms with Gasteiger partial charge >= 0.3 is 0 Å². The van der Waals surface area contributed by atoms with Crippen molar-refractivity contribution in [3.8, 4) is 11.5 Å². The summed E-state index contributed by atoms with van der Waals surface area (Å²) < 4.78 is 11.0. The lowest BCUT2D eigenvalue weighted by Crippen LogP contribution is -2.22. The maximum absolute atomic E-state index is 12.4. The summed E-state index contributed by atoms with van der Waals surface area (Å²) in [5, 5.41) is 20.1. The van der Waals surface area contributed by atoms with Gasteiger partial charge in [-0.3, -0.25) is 14.9 Å². The summed E-state index contributed by atoms with van der Waals surface area (Å²) in [4.78, 5) is 23.1. The zero-order valence-electron chi connectivity index (χ0n) is 16.5. The van der Waals surface area contributed by atoms with Gasteiger partial charge in [0.1, 0.15) is 13.2 Å². The molecule has 0 unspecified atom stereocenters. The minimum Gasteiger partial charge on any atom is -0.486 e. The minimum absolute atomic E-state index is 0.0756. The highest BCUT2D eigenvalue weighted by molar-refractivity contribution is 5.94. The topological polar surface area (TPSA) is 115 Å². The van der Waals surface area contributed by atoms with Gasteiger partial charge in [-0.2, -0.15) is 0 Å². The molecule has 0 saturated heterocycles. The highest BCUT2D eigenvalue weighted by Crippen LogP contribution is 2.33. The normalized spacial score (nSPS) is 12.0. The van der Waals surface area contributed by atoms with Gasteiger partial charge in [0.25, 0.3) is 5.69 Å². The molecule has 3 N–H and O–H groups in total. The fourth-order valence-electron chi connectivity index (χ4n) is 3.08. The second kappa shape index (κ2) is 9.04. The van der Waals surface area contributed by atoms with Crippen LogP contribution in [0.15, 0.2) is 66.7 Å². The van der Waals surface area contributed by atoms with Crippen LogP contribution in [0.4, 0.5) is 28.4 Å². The van der Waals surface area contributed by atoms with E-state index in [2.05, 4.69) is 16.0 Å². The fraction of sp³-hybridized carbons (Fsp3) is 0.136. The van der Waals surface area contributed by atoms with Crippen molar-refractivity contribution in [2.75, 3.05) is 35.7 Å². The number of nitrogens with zero attached hydrogens (tertiary/aromatic N) is 1. The van der Waals surface area contributed by atoms with E-state index in [0.29, 0.717) is 41.8 Å². The number of hydrogen-bond acceptors (Lipinski definition) is 7. The van der Waals surface area contributed by atoms with Crippen molar-refractivity contribution in [1.82, 2.24) is 0 Å². The molecule has 9 heteroatoms. The summed E-state index contributed by atoms with van der Waals surface area (Å²) in [6.45, 7) is 0.861. The number of nitro benzene ring substituents is 1. The highest BCUT2D eigenvalue weighted by Gasteiger charge is 2.14. The number of non-ortho nitro benzene ring substituents is 1. The minimum atomic E-state index is -0.479. The summed E-state index contributed by atoms with van der Waals surface area (Å²) >= 11 is 0. The molecule has 0 atom stereocenters. The highest BCUT2D eigenvalue weighted by atomic mass is 16.6. The Balaban J connectivity index is 1.45. The van der Waals surface area contributed by atoms with Crippen molar-refractivity contribution in [2.24, 2.45) is 0 Å². The Hall–Kier alpha value is -4.27. The summed E-state index contributed by atoms with van der Waals surface area (Å²) in [6.07, 6.45) is 0. The molecule has 0 fully saturated rings. The van der Waals surface area contributed by atoms with Crippen LogP contribution in [0.2, 0.25) is 0 Å². The maximum Gasteiger partial charge on any atom is 0.271 e. The molecule has 0 radical (unpaired) electrons. The average molecular weight is 420 g/mol. The smallest absolute Gasteiger partial charge is 0.271 e. The molecule has 3 aromatic rings. The lowest BCUT2D eigenvalue weighted by Gasteiger charge is -2.19. The number of para-hydroxylation sites is 1. The number of rotatable bonds is 7. The first-order chi connectivity index (χ1) is 15.1. The Bertz CT molecular complexity index is 1100. The van der Waals surface area contributed by atoms with Crippen molar-refractivity contribution in [3.63, 3.8) is 0 Å². The van der Waals surface area contributed by atoms with Crippen LogP contribution in [-0.4, -0.2) is 30.6 Å². The standard InChI is InChI=1S/C22H20N4O5/c27-22(25-16-6-9-20-21(12-16)31-11-10-30-20)14-23-19-13-17(26(28)29)7-8-18(19)24-15-4-2-1-3-5-15/h1-9,12-13,23-24H,10-11,14H2,(H,25,27). The maximum atomic E-state index is 12.4. The van der Waals surface area contributed by atoms with E-state index in [9.17, 15) is 14.9 Å². The molecule has 0 bridgehead atoms. The summed E-state index contributed by atoms with van der Waals surface area (Å²) in [6, 6.07) is 19.0. The first-order valence-electron chi connectivity index (χ1n) is 9.62. The van der Waals surface area contributed by atoms with Crippen LogP contribution in [0.5, 0.6) is 11.5 Å². The number of nitrogens with one attached hydrogen (secondary N) is 3. The summed E-state index contributed by atoms with van der Waals surface area (Å²) in [5.74, 6) is 0.898. The third-order valence-electron chi connectivity index (χ3n) is 4.53. The molecule has 1 aliphatic heterocycles. The first kappa shape index (κ1) is 20.0. The number of carbonyl (C=O) groups is 1. The van der Waals surface area contributed by atoms with E-state index in [1.807, 2.05) is 30.3 Å². The van der Waals surface area contributed by atoms with Gasteiger partial charge in [0, 0.05) is 29.6 Å². The number of fused-ring (bicyclic) bond motifs is 1. The van der Waals surface area contributed by atoms with Gasteiger partial charge in [0.2, 0.25) is 5.91 Å². The Morgan fingerprint density at radius 2 is 1.68 bits per heavy atom. The Morgan fingerprint density at radius 3 is 2.45 bits per heavy atom. The van der Waals surface area contributed by atoms with Crippen LogP contribution in [0, 0.1) is 10.1 Å². The lowest BCUT2D eigenvalue weighted by atomic mass is 10.2. The molecule has 1 heterocycles. The third kappa shape index (κ3) is 5.02. The molecule has 31 heavy (non-hydrogen) atoms. The van der Waals surface area contributed by atoms with Crippen molar-refractivity contribution < 1.29 is 19.2 Å². The van der Waals surface area contributed by atoms with Gasteiger partial charge in [-0.25, -0.2) is 0 Å². The molecule has 0 saturated carbocycles. The van der Waals surface area contributed by atoms with Crippen LogP contribution < -0.4 is 25.4 Å². The number of nitro groups is 1. The number of anilines is 4. The number of benzene rings is 3. The van der Waals surface area contributed by atoms with Gasteiger partial charge in [-0.1, -0.05) is 18.2 Å². The molecule has 1 aliphatic rings. The van der Waals surface area contributed by atoms with E-state index >= 15 is 0 Å². The van der Waals surface area contributed by atoms with Crippen molar-refractivity contribution in [1.29, 1.82) is 0 Å². The van der Waals surface area contributed by atoms with Crippen LogP contribution >= 0.6 is 0 Å². The SMILES string of the molecule is O=C(CNc1cc([N+](=O)[O-])ccc1Nc1ccccc1)Nc1ccc2c(c1)OCCO2. The van der Waals surface area contributed by atoms with Crippen molar-refractivity contribution >= 4 is 34.3 Å². The molecule has 9 nitrogen and oxygen atoms in total. The van der Waals surface area contributed by atoms with Gasteiger partial charge < -0.3 is 25.4 Å². The van der Waals surface area contributed by atoms with E-state index < -0.39 is 4.92 Å². The van der Waals surface area contributed by atoms with Crippen LogP contribution in [0.25, 0.3) is 0 Å². The molecular formula is C22H20N4O5. The molecular weight excluding hydrogens is 400 g/mol. The Morgan fingerprint density at radius 1 is 0.903 bits per heavy atom. The lowest BCUT2D eigenvalue weighted by molar-refractivity contribution is -0.384. The molecule has 3 aromatic carbocycles. The van der Waals surface area contributed by atoms with Gasteiger partial charge in [0.15, 0.2) is 11.5 Å². The molecule has 0 aliphatic carbocycles. The Labute approximate surface area is 178 Å². The van der Waals surface area contributed by atoms with Gasteiger partial charge in [0.05, 0.1) is 22.8 Å². The number of carbonyl (C=O) groups excluding carboxylic acids is 1. The zero-order chi connectivity index (χ0) is 21.6. The van der Waals surface area contributed by atoms with Crippen LogP contribution in [0.3, 0.4) is 0 Å². The molecule has 158 valence electrons. The monoisotopic (exact) mass is 420 g/mol. The molecule has 1 amide bonds. The second-order valence-electron chi connectivity index (χ2n) is 6.74. The predicted octanol–water partition coefficient (Wildman–Crippen LogP) is 4.16. The molecule has 4 rings (SSSR count). The van der Waals surface area contributed by atoms with E-state index in [-0.39, 0.29) is 18.1 Å². The molecule has 0 spiro atoms. The van der Waals surface area contributed by atoms with Crippen LogP contribution in [-0.2, 0) is 4.79 Å². The number of hydrogen-bond donors (Lipinski definition) is 3. The van der Waals surface area contributed by atoms with E-state index in [1.54, 1.807) is 24.3 Å². The second-order valence-corrected chi connectivity index (χ2v) is 6.74. The summed E-state index contributed by atoms with van der Waals surface area (Å²) in [7, 11) is 0.